The molecule has 0 atom stereocenters. The molecule has 0 bridgehead atoms. The average Bonchev–Trinajstić information content (AvgIpc) is 2.00. The number of nitrogens with one attached hydrogen (secondary N) is 1. The second kappa shape index (κ2) is 5.83. The summed E-state index contributed by atoms with van der Waals surface area (Å²) in [7, 11) is 0. The van der Waals surface area contributed by atoms with E-state index in [0.29, 0.717) is 6.42 Å². The second-order valence-corrected chi connectivity index (χ2v) is 2.85. The molecule has 0 saturated carbocycles. The molecule has 0 aliphatic heterocycles. The Hall–Kier alpha value is -0.740. The number of hydrogen-bond donors (Lipinski definition) is 1. The first kappa shape index (κ1) is 12.3. The third-order valence-electron chi connectivity index (χ3n) is 1.49. The Morgan fingerprint density at radius 3 is 2.38 bits per heavy atom. The number of unbranched alkanes of at least 4 members (excludes halogenated alkanes) is 2. The maximum absolute atomic E-state index is 11.6. The van der Waals surface area contributed by atoms with Gasteiger partial charge in [0, 0.05) is 6.42 Å². The Kier molecular flexibility index (Phi) is 5.50. The largest absolute Gasteiger partial charge is 0.405 e. The van der Waals surface area contributed by atoms with Gasteiger partial charge in [-0.25, -0.2) is 0 Å². The molecule has 0 unspecified atom stereocenters. The molecule has 0 aromatic heterocycles. The molecule has 0 fully saturated rings. The summed E-state index contributed by atoms with van der Waals surface area (Å²) in [6.07, 6.45) is -1.64. The van der Waals surface area contributed by atoms with Crippen molar-refractivity contribution in [2.75, 3.05) is 6.54 Å². The topological polar surface area (TPSA) is 29.1 Å². The lowest BCUT2D eigenvalue weighted by atomic mass is 10.2. The zero-order valence-corrected chi connectivity index (χ0v) is 7.58. The van der Waals surface area contributed by atoms with E-state index in [1.165, 1.54) is 0 Å². The van der Waals surface area contributed by atoms with Gasteiger partial charge in [0.2, 0.25) is 5.91 Å². The SMILES string of the molecule is CCCCCC(=O)NCC(F)(F)F. The maximum Gasteiger partial charge on any atom is 0.405 e. The van der Waals surface area contributed by atoms with Crippen LogP contribution in [0, 0.1) is 0 Å². The molecule has 0 saturated heterocycles. The molecule has 0 aliphatic carbocycles. The lowest BCUT2D eigenvalue weighted by Gasteiger charge is -2.07. The van der Waals surface area contributed by atoms with Crippen LogP contribution in [0.4, 0.5) is 13.2 Å². The molecule has 0 rings (SSSR count). The Morgan fingerprint density at radius 2 is 1.92 bits per heavy atom. The van der Waals surface area contributed by atoms with E-state index in [1.807, 2.05) is 12.2 Å². The van der Waals surface area contributed by atoms with E-state index < -0.39 is 18.6 Å². The van der Waals surface area contributed by atoms with Crippen molar-refractivity contribution in [3.05, 3.63) is 0 Å². The van der Waals surface area contributed by atoms with E-state index in [2.05, 4.69) is 0 Å². The summed E-state index contributed by atoms with van der Waals surface area (Å²) in [5, 5.41) is 1.82. The van der Waals surface area contributed by atoms with Crippen molar-refractivity contribution in [3.8, 4) is 0 Å². The summed E-state index contributed by atoms with van der Waals surface area (Å²) in [4.78, 5) is 10.8. The average molecular weight is 197 g/mol. The molecule has 0 radical (unpaired) electrons. The van der Waals surface area contributed by atoms with Gasteiger partial charge >= 0.3 is 6.18 Å². The van der Waals surface area contributed by atoms with Crippen LogP contribution >= 0.6 is 0 Å². The van der Waals surface area contributed by atoms with Gasteiger partial charge in [0.05, 0.1) is 0 Å². The van der Waals surface area contributed by atoms with Crippen LogP contribution in [-0.4, -0.2) is 18.6 Å². The molecule has 0 spiro atoms. The summed E-state index contributed by atoms with van der Waals surface area (Å²) in [5.41, 5.74) is 0. The van der Waals surface area contributed by atoms with Crippen LogP contribution in [0.5, 0.6) is 0 Å². The number of rotatable bonds is 5. The Labute approximate surface area is 75.5 Å². The van der Waals surface area contributed by atoms with Crippen molar-refractivity contribution < 1.29 is 18.0 Å². The number of amides is 1. The van der Waals surface area contributed by atoms with E-state index in [9.17, 15) is 18.0 Å². The van der Waals surface area contributed by atoms with Crippen molar-refractivity contribution in [3.63, 3.8) is 0 Å². The molecule has 5 heteroatoms. The van der Waals surface area contributed by atoms with Crippen LogP contribution in [0.15, 0.2) is 0 Å². The molecule has 1 N–H and O–H groups in total. The van der Waals surface area contributed by atoms with Gasteiger partial charge < -0.3 is 5.32 Å². The highest BCUT2D eigenvalue weighted by molar-refractivity contribution is 5.75. The van der Waals surface area contributed by atoms with Gasteiger partial charge in [-0.2, -0.15) is 13.2 Å². The first-order valence-electron chi connectivity index (χ1n) is 4.29. The van der Waals surface area contributed by atoms with Crippen LogP contribution in [0.1, 0.15) is 32.6 Å². The van der Waals surface area contributed by atoms with Crippen molar-refractivity contribution in [1.29, 1.82) is 0 Å². The third kappa shape index (κ3) is 9.17. The van der Waals surface area contributed by atoms with Crippen molar-refractivity contribution in [1.82, 2.24) is 5.32 Å². The van der Waals surface area contributed by atoms with E-state index in [4.69, 9.17) is 0 Å². The zero-order chi connectivity index (χ0) is 10.3. The highest BCUT2D eigenvalue weighted by Crippen LogP contribution is 2.12. The first-order chi connectivity index (χ1) is 5.95. The van der Waals surface area contributed by atoms with Gasteiger partial charge in [0.1, 0.15) is 6.54 Å². The molecule has 0 aliphatic rings. The normalized spacial score (nSPS) is 11.4. The zero-order valence-electron chi connectivity index (χ0n) is 7.58. The molecule has 78 valence electrons. The number of carbonyl (C=O) groups is 1. The summed E-state index contributed by atoms with van der Waals surface area (Å²) >= 11 is 0. The van der Waals surface area contributed by atoms with Gasteiger partial charge in [-0.3, -0.25) is 4.79 Å². The fraction of sp³-hybridized carbons (Fsp3) is 0.875. The molecular weight excluding hydrogens is 183 g/mol. The van der Waals surface area contributed by atoms with Crippen LogP contribution in [0.25, 0.3) is 0 Å². The molecule has 0 aromatic carbocycles. The number of alkyl halides is 3. The Morgan fingerprint density at radius 1 is 1.31 bits per heavy atom. The van der Waals surface area contributed by atoms with Crippen molar-refractivity contribution in [2.24, 2.45) is 0 Å². The summed E-state index contributed by atoms with van der Waals surface area (Å²) in [6, 6.07) is 0. The summed E-state index contributed by atoms with van der Waals surface area (Å²) < 4.78 is 34.8. The van der Waals surface area contributed by atoms with E-state index in [-0.39, 0.29) is 6.42 Å². The molecule has 0 heterocycles. The van der Waals surface area contributed by atoms with Crippen molar-refractivity contribution in [2.45, 2.75) is 38.8 Å². The predicted molar refractivity (Wildman–Crippen MR) is 43.2 cm³/mol. The Balaban J connectivity index is 3.41. The monoisotopic (exact) mass is 197 g/mol. The standard InChI is InChI=1S/C8H14F3NO/c1-2-3-4-5-7(13)12-6-8(9,10)11/h2-6H2,1H3,(H,12,13). The Bertz CT molecular complexity index is 156. The van der Waals surface area contributed by atoms with Gasteiger partial charge in [-0.05, 0) is 6.42 Å². The van der Waals surface area contributed by atoms with Crippen LogP contribution in [-0.2, 0) is 4.79 Å². The molecule has 13 heavy (non-hydrogen) atoms. The fourth-order valence-corrected chi connectivity index (χ4v) is 0.823. The van der Waals surface area contributed by atoms with Gasteiger partial charge in [0.15, 0.2) is 0 Å². The van der Waals surface area contributed by atoms with E-state index in [0.717, 1.165) is 12.8 Å². The third-order valence-corrected chi connectivity index (χ3v) is 1.49. The predicted octanol–water partition coefficient (Wildman–Crippen LogP) is 2.25. The minimum Gasteiger partial charge on any atom is -0.347 e. The lowest BCUT2D eigenvalue weighted by Crippen LogP contribution is -2.33. The number of carbonyl (C=O) groups excluding carboxylic acids is 1. The summed E-state index contributed by atoms with van der Waals surface area (Å²) in [5.74, 6) is -0.522. The quantitative estimate of drug-likeness (QED) is 0.673. The van der Waals surface area contributed by atoms with E-state index in [1.54, 1.807) is 0 Å². The molecular formula is C8H14F3NO. The van der Waals surface area contributed by atoms with Crippen LogP contribution in [0.3, 0.4) is 0 Å². The van der Waals surface area contributed by atoms with Gasteiger partial charge in [-0.15, -0.1) is 0 Å². The van der Waals surface area contributed by atoms with Gasteiger partial charge in [-0.1, -0.05) is 19.8 Å². The lowest BCUT2D eigenvalue weighted by molar-refractivity contribution is -0.138. The molecule has 0 aromatic rings. The highest BCUT2D eigenvalue weighted by Gasteiger charge is 2.27. The number of hydrogen-bond acceptors (Lipinski definition) is 1. The minimum atomic E-state index is -4.31. The second-order valence-electron chi connectivity index (χ2n) is 2.85. The maximum atomic E-state index is 11.6. The fourth-order valence-electron chi connectivity index (χ4n) is 0.823. The van der Waals surface area contributed by atoms with Gasteiger partial charge in [0.25, 0.3) is 0 Å². The number of halogens is 3. The first-order valence-corrected chi connectivity index (χ1v) is 4.29. The smallest absolute Gasteiger partial charge is 0.347 e. The van der Waals surface area contributed by atoms with Crippen LogP contribution < -0.4 is 5.32 Å². The minimum absolute atomic E-state index is 0.184. The molecule has 2 nitrogen and oxygen atoms in total. The summed E-state index contributed by atoms with van der Waals surface area (Å²) in [6.45, 7) is 0.742. The highest BCUT2D eigenvalue weighted by atomic mass is 19.4. The van der Waals surface area contributed by atoms with E-state index >= 15 is 0 Å². The molecule has 1 amide bonds. The van der Waals surface area contributed by atoms with Crippen molar-refractivity contribution >= 4 is 5.91 Å². The van der Waals surface area contributed by atoms with Crippen LogP contribution in [0.2, 0.25) is 0 Å².